The molecule has 7 nitrogen and oxygen atoms in total. The van der Waals surface area contributed by atoms with E-state index in [-0.39, 0.29) is 16.6 Å². The minimum atomic E-state index is -0.619. The summed E-state index contributed by atoms with van der Waals surface area (Å²) in [5.74, 6) is -0.619. The number of thioether (sulfide) groups is 1. The summed E-state index contributed by atoms with van der Waals surface area (Å²) in [7, 11) is 1.26. The standard InChI is InChI=1S/C15H12N4O3S/c1-22-14(21)9-6-10(8-4-3-5-16-7-8)17-12-11(9)13(20)19-15(18-12)23-2/h3-7H,1-2H3,(H,17,18,19,20). The van der Waals surface area contributed by atoms with E-state index in [1.54, 1.807) is 24.7 Å². The number of hydrogen-bond acceptors (Lipinski definition) is 7. The third-order valence-corrected chi connectivity index (χ3v) is 3.79. The first-order valence-electron chi connectivity index (χ1n) is 6.62. The average molecular weight is 328 g/mol. The van der Waals surface area contributed by atoms with Gasteiger partial charge in [-0.2, -0.15) is 0 Å². The first-order valence-corrected chi connectivity index (χ1v) is 7.84. The summed E-state index contributed by atoms with van der Waals surface area (Å²) < 4.78 is 4.78. The predicted molar refractivity (Wildman–Crippen MR) is 86.5 cm³/mol. The molecule has 0 spiro atoms. The van der Waals surface area contributed by atoms with Crippen molar-refractivity contribution in [1.82, 2.24) is 19.9 Å². The van der Waals surface area contributed by atoms with Crippen molar-refractivity contribution in [2.75, 3.05) is 13.4 Å². The van der Waals surface area contributed by atoms with Crippen molar-refractivity contribution >= 4 is 28.8 Å². The quantitative estimate of drug-likeness (QED) is 0.445. The van der Waals surface area contributed by atoms with Gasteiger partial charge in [-0.05, 0) is 24.5 Å². The Balaban J connectivity index is 2.37. The fourth-order valence-corrected chi connectivity index (χ4v) is 2.52. The monoisotopic (exact) mass is 328 g/mol. The number of nitrogens with one attached hydrogen (secondary N) is 1. The van der Waals surface area contributed by atoms with Gasteiger partial charge in [0.1, 0.15) is 0 Å². The van der Waals surface area contributed by atoms with E-state index in [1.165, 1.54) is 24.9 Å². The summed E-state index contributed by atoms with van der Waals surface area (Å²) in [5.41, 5.74) is 1.10. The molecule has 3 aromatic rings. The van der Waals surface area contributed by atoms with Gasteiger partial charge in [-0.1, -0.05) is 11.8 Å². The van der Waals surface area contributed by atoms with Gasteiger partial charge in [-0.3, -0.25) is 9.78 Å². The molecule has 1 N–H and O–H groups in total. The molecular weight excluding hydrogens is 316 g/mol. The molecule has 0 atom stereocenters. The van der Waals surface area contributed by atoms with Crippen molar-refractivity contribution in [3.63, 3.8) is 0 Å². The number of methoxy groups -OCH3 is 1. The van der Waals surface area contributed by atoms with Crippen LogP contribution >= 0.6 is 11.8 Å². The lowest BCUT2D eigenvalue weighted by molar-refractivity contribution is 0.0603. The molecule has 3 aromatic heterocycles. The van der Waals surface area contributed by atoms with Gasteiger partial charge in [0, 0.05) is 18.0 Å². The van der Waals surface area contributed by atoms with E-state index in [2.05, 4.69) is 19.9 Å². The maximum absolute atomic E-state index is 12.3. The molecule has 23 heavy (non-hydrogen) atoms. The molecule has 0 saturated heterocycles. The molecule has 3 rings (SSSR count). The Kier molecular flexibility index (Phi) is 4.07. The molecule has 8 heteroatoms. The first-order chi connectivity index (χ1) is 11.1. The Hall–Kier alpha value is -2.74. The van der Waals surface area contributed by atoms with Crippen LogP contribution in [-0.2, 0) is 4.74 Å². The van der Waals surface area contributed by atoms with E-state index in [0.717, 1.165) is 0 Å². The van der Waals surface area contributed by atoms with Crippen LogP contribution in [0.3, 0.4) is 0 Å². The fraction of sp³-hybridized carbons (Fsp3) is 0.133. The predicted octanol–water partition coefficient (Wildman–Crippen LogP) is 1.89. The molecule has 0 unspecified atom stereocenters. The minimum absolute atomic E-state index is 0.113. The number of fused-ring (bicyclic) bond motifs is 1. The summed E-state index contributed by atoms with van der Waals surface area (Å²) in [6, 6.07) is 5.09. The number of rotatable bonds is 3. The van der Waals surface area contributed by atoms with Gasteiger partial charge in [0.25, 0.3) is 5.56 Å². The molecule has 0 aliphatic heterocycles. The molecule has 0 radical (unpaired) electrons. The number of H-pyrrole nitrogens is 1. The zero-order valence-electron chi connectivity index (χ0n) is 12.4. The van der Waals surface area contributed by atoms with Gasteiger partial charge in [0.15, 0.2) is 10.8 Å². The summed E-state index contributed by atoms with van der Waals surface area (Å²) in [5, 5.41) is 0.538. The molecule has 0 bridgehead atoms. The number of aromatic nitrogens is 4. The van der Waals surface area contributed by atoms with Gasteiger partial charge in [0.05, 0.1) is 23.8 Å². The van der Waals surface area contributed by atoms with E-state index < -0.39 is 11.5 Å². The van der Waals surface area contributed by atoms with E-state index in [0.29, 0.717) is 16.4 Å². The van der Waals surface area contributed by atoms with Crippen LogP contribution in [0.1, 0.15) is 10.4 Å². The van der Waals surface area contributed by atoms with Gasteiger partial charge >= 0.3 is 5.97 Å². The van der Waals surface area contributed by atoms with Crippen LogP contribution in [0.15, 0.2) is 40.5 Å². The smallest absolute Gasteiger partial charge is 0.338 e. The number of carbonyl (C=O) groups excluding carboxylic acids is 1. The number of ether oxygens (including phenoxy) is 1. The second kappa shape index (κ2) is 6.17. The van der Waals surface area contributed by atoms with E-state index >= 15 is 0 Å². The molecule has 0 aliphatic carbocycles. The lowest BCUT2D eigenvalue weighted by atomic mass is 10.1. The Labute approximate surface area is 135 Å². The van der Waals surface area contributed by atoms with Crippen LogP contribution in [0.25, 0.3) is 22.3 Å². The zero-order chi connectivity index (χ0) is 16.4. The van der Waals surface area contributed by atoms with Gasteiger partial charge in [0.2, 0.25) is 0 Å². The molecule has 0 fully saturated rings. The molecule has 0 aliphatic rings. The number of hydrogen-bond donors (Lipinski definition) is 1. The fourth-order valence-electron chi connectivity index (χ4n) is 2.15. The Morgan fingerprint density at radius 3 is 2.83 bits per heavy atom. The van der Waals surface area contributed by atoms with E-state index in [9.17, 15) is 9.59 Å². The van der Waals surface area contributed by atoms with Crippen LogP contribution in [0.4, 0.5) is 0 Å². The Morgan fingerprint density at radius 2 is 2.17 bits per heavy atom. The average Bonchev–Trinajstić information content (AvgIpc) is 2.60. The first kappa shape index (κ1) is 15.2. The van der Waals surface area contributed by atoms with E-state index in [4.69, 9.17) is 4.74 Å². The Morgan fingerprint density at radius 1 is 1.35 bits per heavy atom. The maximum atomic E-state index is 12.3. The van der Waals surface area contributed by atoms with Gasteiger partial charge in [-0.15, -0.1) is 0 Å². The molecule has 0 saturated carbocycles. The van der Waals surface area contributed by atoms with Crippen molar-refractivity contribution in [2.45, 2.75) is 5.16 Å². The summed E-state index contributed by atoms with van der Waals surface area (Å²) >= 11 is 1.28. The van der Waals surface area contributed by atoms with Crippen LogP contribution in [0, 0.1) is 0 Å². The van der Waals surface area contributed by atoms with Crippen molar-refractivity contribution in [3.8, 4) is 11.3 Å². The van der Waals surface area contributed by atoms with Crippen molar-refractivity contribution in [1.29, 1.82) is 0 Å². The third-order valence-electron chi connectivity index (χ3n) is 3.21. The number of esters is 1. The molecule has 0 aromatic carbocycles. The van der Waals surface area contributed by atoms with Crippen molar-refractivity contribution in [3.05, 3.63) is 46.5 Å². The third kappa shape index (κ3) is 2.80. The molecular formula is C15H12N4O3S. The van der Waals surface area contributed by atoms with Crippen molar-refractivity contribution in [2.24, 2.45) is 0 Å². The topological polar surface area (TPSA) is 97.8 Å². The SMILES string of the molecule is COC(=O)c1cc(-c2cccnc2)nc2nc(SC)[nH]c(=O)c12. The second-order valence-corrected chi connectivity index (χ2v) is 5.36. The highest BCUT2D eigenvalue weighted by Crippen LogP contribution is 2.23. The number of aromatic amines is 1. The van der Waals surface area contributed by atoms with Crippen LogP contribution in [-0.4, -0.2) is 39.3 Å². The molecule has 116 valence electrons. The van der Waals surface area contributed by atoms with Crippen LogP contribution in [0.5, 0.6) is 0 Å². The number of pyridine rings is 2. The lowest BCUT2D eigenvalue weighted by Gasteiger charge is -2.08. The summed E-state index contributed by atoms with van der Waals surface area (Å²) in [4.78, 5) is 39.7. The van der Waals surface area contributed by atoms with E-state index in [1.807, 2.05) is 6.07 Å². The van der Waals surface area contributed by atoms with Crippen LogP contribution < -0.4 is 5.56 Å². The van der Waals surface area contributed by atoms with Gasteiger partial charge < -0.3 is 9.72 Å². The number of nitrogens with zero attached hydrogens (tertiary/aromatic N) is 3. The second-order valence-electron chi connectivity index (χ2n) is 4.56. The minimum Gasteiger partial charge on any atom is -0.465 e. The zero-order valence-corrected chi connectivity index (χ0v) is 13.2. The highest BCUT2D eigenvalue weighted by Gasteiger charge is 2.18. The summed E-state index contributed by atoms with van der Waals surface area (Å²) in [6.45, 7) is 0. The van der Waals surface area contributed by atoms with Crippen molar-refractivity contribution < 1.29 is 9.53 Å². The Bertz CT molecular complexity index is 941. The maximum Gasteiger partial charge on any atom is 0.338 e. The lowest BCUT2D eigenvalue weighted by Crippen LogP contribution is -2.15. The normalized spacial score (nSPS) is 10.7. The molecule has 0 amide bonds. The van der Waals surface area contributed by atoms with Crippen LogP contribution in [0.2, 0.25) is 0 Å². The largest absolute Gasteiger partial charge is 0.465 e. The molecule has 3 heterocycles. The van der Waals surface area contributed by atoms with Gasteiger partial charge in [-0.25, -0.2) is 14.8 Å². The highest BCUT2D eigenvalue weighted by atomic mass is 32.2. The highest BCUT2D eigenvalue weighted by molar-refractivity contribution is 7.98. The number of carbonyl (C=O) groups is 1. The summed E-state index contributed by atoms with van der Waals surface area (Å²) in [6.07, 6.45) is 5.05.